The Labute approximate surface area is 65.8 Å². The molecule has 11 heavy (non-hydrogen) atoms. The smallest absolute Gasteiger partial charge is 0.146 e. The second-order valence-corrected chi connectivity index (χ2v) is 2.12. The first kappa shape index (κ1) is 8.23. The molecular weight excluding hydrogens is 144 g/mol. The van der Waals surface area contributed by atoms with Gasteiger partial charge in [-0.15, -0.1) is 0 Å². The molecule has 0 atom stereocenters. The highest BCUT2D eigenvalue weighted by Crippen LogP contribution is 1.85. The number of hydrogen-bond donors (Lipinski definition) is 0. The van der Waals surface area contributed by atoms with Crippen molar-refractivity contribution in [3.63, 3.8) is 0 Å². The second kappa shape index (κ2) is 4.87. The third kappa shape index (κ3) is 3.15. The van der Waals surface area contributed by atoms with Crippen LogP contribution in [0.15, 0.2) is 18.7 Å². The van der Waals surface area contributed by atoms with Gasteiger partial charge in [-0.1, -0.05) is 0 Å². The predicted molar refractivity (Wildman–Crippen MR) is 40.1 cm³/mol. The van der Waals surface area contributed by atoms with Crippen LogP contribution in [0.4, 0.5) is 0 Å². The first-order chi connectivity index (χ1) is 5.43. The average molecular weight is 156 g/mol. The van der Waals surface area contributed by atoms with Crippen molar-refractivity contribution < 1.29 is 9.47 Å². The Kier molecular flexibility index (Phi) is 3.64. The van der Waals surface area contributed by atoms with E-state index in [9.17, 15) is 0 Å². The third-order valence-electron chi connectivity index (χ3n) is 1.25. The van der Waals surface area contributed by atoms with Crippen molar-refractivity contribution in [2.75, 3.05) is 20.5 Å². The number of methoxy groups -OCH3 is 1. The van der Waals surface area contributed by atoms with Crippen LogP contribution < -0.4 is 0 Å². The van der Waals surface area contributed by atoms with Gasteiger partial charge in [0.25, 0.3) is 0 Å². The number of rotatable bonds is 5. The van der Waals surface area contributed by atoms with Gasteiger partial charge in [0, 0.05) is 26.0 Å². The predicted octanol–water partition coefficient (Wildman–Crippen LogP) is 0.504. The number of nitrogens with zero attached hydrogens (tertiary/aromatic N) is 2. The summed E-state index contributed by atoms with van der Waals surface area (Å²) in [6.45, 7) is 1.84. The molecule has 0 saturated carbocycles. The van der Waals surface area contributed by atoms with Gasteiger partial charge >= 0.3 is 0 Å². The van der Waals surface area contributed by atoms with E-state index in [0.717, 1.165) is 6.54 Å². The normalized spacial score (nSPS) is 10.3. The summed E-state index contributed by atoms with van der Waals surface area (Å²) >= 11 is 0. The Bertz CT molecular complexity index is 175. The first-order valence-corrected chi connectivity index (χ1v) is 3.46. The Balaban J connectivity index is 2.04. The van der Waals surface area contributed by atoms with Gasteiger partial charge in [-0.2, -0.15) is 0 Å². The fourth-order valence-corrected chi connectivity index (χ4v) is 0.731. The quantitative estimate of drug-likeness (QED) is 0.460. The number of ether oxygens (including phenoxy) is 2. The minimum Gasteiger partial charge on any atom is -0.359 e. The Hall–Kier alpha value is -0.870. The van der Waals surface area contributed by atoms with Crippen LogP contribution in [0.2, 0.25) is 0 Å². The highest BCUT2D eigenvalue weighted by atomic mass is 16.7. The van der Waals surface area contributed by atoms with Gasteiger partial charge in [0.1, 0.15) is 6.79 Å². The van der Waals surface area contributed by atoms with Crippen molar-refractivity contribution in [1.29, 1.82) is 0 Å². The van der Waals surface area contributed by atoms with Crippen LogP contribution in [-0.4, -0.2) is 30.1 Å². The lowest BCUT2D eigenvalue weighted by Crippen LogP contribution is -2.05. The summed E-state index contributed by atoms with van der Waals surface area (Å²) in [5.74, 6) is 0. The SMILES string of the molecule is COCOCCn1ccnc1. The summed E-state index contributed by atoms with van der Waals surface area (Å²) in [4.78, 5) is 3.90. The molecule has 0 saturated heterocycles. The molecule has 0 fully saturated rings. The van der Waals surface area contributed by atoms with Gasteiger partial charge in [0.2, 0.25) is 0 Å². The van der Waals surface area contributed by atoms with E-state index in [2.05, 4.69) is 4.98 Å². The van der Waals surface area contributed by atoms with Gasteiger partial charge in [0.05, 0.1) is 12.9 Å². The molecule has 0 aliphatic rings. The van der Waals surface area contributed by atoms with Crippen molar-refractivity contribution in [2.24, 2.45) is 0 Å². The van der Waals surface area contributed by atoms with Crippen LogP contribution in [-0.2, 0) is 16.0 Å². The lowest BCUT2D eigenvalue weighted by Gasteiger charge is -2.02. The van der Waals surface area contributed by atoms with Crippen LogP contribution in [0.25, 0.3) is 0 Å². The van der Waals surface area contributed by atoms with Gasteiger partial charge in [0.15, 0.2) is 0 Å². The van der Waals surface area contributed by atoms with Crippen LogP contribution in [0.5, 0.6) is 0 Å². The van der Waals surface area contributed by atoms with Crippen molar-refractivity contribution >= 4 is 0 Å². The van der Waals surface area contributed by atoms with Crippen LogP contribution in [0, 0.1) is 0 Å². The van der Waals surface area contributed by atoms with Gasteiger partial charge < -0.3 is 14.0 Å². The maximum atomic E-state index is 5.09. The van der Waals surface area contributed by atoms with Crippen molar-refractivity contribution in [3.8, 4) is 0 Å². The molecule has 0 aliphatic heterocycles. The molecule has 1 rings (SSSR count). The first-order valence-electron chi connectivity index (χ1n) is 3.46. The Morgan fingerprint density at radius 1 is 1.55 bits per heavy atom. The minimum absolute atomic E-state index is 0.356. The molecular formula is C7H12N2O2. The molecule has 0 aromatic carbocycles. The molecule has 1 aromatic heterocycles. The highest BCUT2D eigenvalue weighted by Gasteiger charge is 1.88. The molecule has 0 amide bonds. The van der Waals surface area contributed by atoms with Crippen molar-refractivity contribution in [3.05, 3.63) is 18.7 Å². The van der Waals surface area contributed by atoms with Crippen LogP contribution in [0.1, 0.15) is 0 Å². The molecule has 1 heterocycles. The monoisotopic (exact) mass is 156 g/mol. The van der Waals surface area contributed by atoms with E-state index in [4.69, 9.17) is 9.47 Å². The van der Waals surface area contributed by atoms with Gasteiger partial charge in [-0.05, 0) is 0 Å². The van der Waals surface area contributed by atoms with Crippen molar-refractivity contribution in [2.45, 2.75) is 6.54 Å². The standard InChI is InChI=1S/C7H12N2O2/c1-10-7-11-5-4-9-3-2-8-6-9/h2-3,6H,4-5,7H2,1H3. The maximum absolute atomic E-state index is 5.09. The molecule has 4 nitrogen and oxygen atoms in total. The largest absolute Gasteiger partial charge is 0.359 e. The van der Waals surface area contributed by atoms with E-state index < -0.39 is 0 Å². The number of hydrogen-bond acceptors (Lipinski definition) is 3. The Morgan fingerprint density at radius 2 is 2.45 bits per heavy atom. The van der Waals surface area contributed by atoms with E-state index >= 15 is 0 Å². The number of imidazole rings is 1. The summed E-state index contributed by atoms with van der Waals surface area (Å²) in [5, 5.41) is 0. The summed E-state index contributed by atoms with van der Waals surface area (Å²) in [6, 6.07) is 0. The summed E-state index contributed by atoms with van der Waals surface area (Å²) in [7, 11) is 1.61. The summed E-state index contributed by atoms with van der Waals surface area (Å²) in [6.07, 6.45) is 5.41. The topological polar surface area (TPSA) is 36.3 Å². The zero-order valence-electron chi connectivity index (χ0n) is 6.56. The van der Waals surface area contributed by atoms with Crippen LogP contribution >= 0.6 is 0 Å². The molecule has 4 heteroatoms. The second-order valence-electron chi connectivity index (χ2n) is 2.12. The molecule has 0 unspecified atom stereocenters. The van der Waals surface area contributed by atoms with Crippen LogP contribution in [0.3, 0.4) is 0 Å². The van der Waals surface area contributed by atoms with E-state index in [1.54, 1.807) is 19.6 Å². The molecule has 0 bridgehead atoms. The Morgan fingerprint density at radius 3 is 3.09 bits per heavy atom. The average Bonchev–Trinajstić information content (AvgIpc) is 2.50. The van der Waals surface area contributed by atoms with E-state index in [1.807, 2.05) is 10.8 Å². The molecule has 0 aliphatic carbocycles. The number of aromatic nitrogens is 2. The molecule has 0 radical (unpaired) electrons. The lowest BCUT2D eigenvalue weighted by molar-refractivity contribution is -0.0329. The minimum atomic E-state index is 0.356. The third-order valence-corrected chi connectivity index (χ3v) is 1.25. The molecule has 62 valence electrons. The van der Waals surface area contributed by atoms with E-state index in [0.29, 0.717) is 13.4 Å². The lowest BCUT2D eigenvalue weighted by atomic mass is 10.7. The zero-order valence-corrected chi connectivity index (χ0v) is 6.56. The van der Waals surface area contributed by atoms with Gasteiger partial charge in [-0.25, -0.2) is 4.98 Å². The highest BCUT2D eigenvalue weighted by molar-refractivity contribution is 4.73. The molecule has 0 spiro atoms. The molecule has 0 N–H and O–H groups in total. The summed E-state index contributed by atoms with van der Waals surface area (Å²) < 4.78 is 11.8. The van der Waals surface area contributed by atoms with Gasteiger partial charge in [-0.3, -0.25) is 0 Å². The maximum Gasteiger partial charge on any atom is 0.146 e. The summed E-state index contributed by atoms with van der Waals surface area (Å²) in [5.41, 5.74) is 0. The molecule has 1 aromatic rings. The van der Waals surface area contributed by atoms with E-state index in [1.165, 1.54) is 0 Å². The fourth-order valence-electron chi connectivity index (χ4n) is 0.731. The van der Waals surface area contributed by atoms with Crippen molar-refractivity contribution in [1.82, 2.24) is 9.55 Å². The van der Waals surface area contributed by atoms with E-state index in [-0.39, 0.29) is 0 Å². The zero-order chi connectivity index (χ0) is 7.94. The fraction of sp³-hybridized carbons (Fsp3) is 0.571.